The Morgan fingerprint density at radius 3 is 1.94 bits per heavy atom. The number of hydrogen-bond acceptors (Lipinski definition) is 10. The first kappa shape index (κ1) is 26.3. The van der Waals surface area contributed by atoms with E-state index in [1.54, 1.807) is 24.3 Å². The molecule has 1 aliphatic rings. The number of carbonyl (C=O) groups is 4. The standard InChI is InChI=1S/C20H23ClN2O9S/c1-9(24)29-14-15(30-10(2)25)17(19(27)28-4)32-18(16(14)31-11(3)26)23-20(33)22-13-7-5-12(21)6-8-13/h5-8,14-18H,1-4H3,(H2,22,23,33)/t14-,15-,16+,17-,18+/m0/s1. The summed E-state index contributed by atoms with van der Waals surface area (Å²) in [5, 5.41) is 6.19. The van der Waals surface area contributed by atoms with Gasteiger partial charge in [-0.05, 0) is 36.5 Å². The SMILES string of the molecule is COC(=O)[C@H]1O[C@@H](NC(=S)Nc2ccc(Cl)cc2)[C@H](OC(C)=O)[C@@H](OC(C)=O)[C@@H]1OC(C)=O. The summed E-state index contributed by atoms with van der Waals surface area (Å²) in [4.78, 5) is 47.7. The maximum atomic E-state index is 12.4. The van der Waals surface area contributed by atoms with Crippen LogP contribution in [0.5, 0.6) is 0 Å². The number of hydrogen-bond donors (Lipinski definition) is 2. The molecule has 0 aromatic heterocycles. The molecule has 5 atom stereocenters. The van der Waals surface area contributed by atoms with E-state index in [4.69, 9.17) is 47.5 Å². The molecule has 1 aliphatic heterocycles. The molecule has 1 aromatic carbocycles. The van der Waals surface area contributed by atoms with Crippen LogP contribution in [0.15, 0.2) is 24.3 Å². The summed E-state index contributed by atoms with van der Waals surface area (Å²) in [5.41, 5.74) is 0.579. The number of carbonyl (C=O) groups excluding carboxylic acids is 4. The Morgan fingerprint density at radius 2 is 1.42 bits per heavy atom. The maximum Gasteiger partial charge on any atom is 0.339 e. The quantitative estimate of drug-likeness (QED) is 0.329. The van der Waals surface area contributed by atoms with E-state index in [1.165, 1.54) is 0 Å². The Labute approximate surface area is 200 Å². The summed E-state index contributed by atoms with van der Waals surface area (Å²) in [5.74, 6) is -3.23. The van der Waals surface area contributed by atoms with Crippen LogP contribution in [0.25, 0.3) is 0 Å². The second kappa shape index (κ2) is 11.8. The lowest BCUT2D eigenvalue weighted by Gasteiger charge is -2.43. The van der Waals surface area contributed by atoms with Crippen molar-refractivity contribution < 1.29 is 42.9 Å². The molecule has 1 aromatic rings. The molecule has 0 amide bonds. The molecule has 2 rings (SSSR count). The van der Waals surface area contributed by atoms with Crippen molar-refractivity contribution in [1.29, 1.82) is 0 Å². The molecule has 11 nitrogen and oxygen atoms in total. The number of methoxy groups -OCH3 is 1. The zero-order chi connectivity index (χ0) is 24.7. The summed E-state index contributed by atoms with van der Waals surface area (Å²) in [6, 6.07) is 6.60. The van der Waals surface area contributed by atoms with Crippen LogP contribution in [0.3, 0.4) is 0 Å². The number of anilines is 1. The van der Waals surface area contributed by atoms with Crippen molar-refractivity contribution in [3.05, 3.63) is 29.3 Å². The molecule has 13 heteroatoms. The number of halogens is 1. The van der Waals surface area contributed by atoms with Gasteiger partial charge in [-0.1, -0.05) is 11.6 Å². The van der Waals surface area contributed by atoms with Gasteiger partial charge in [-0.25, -0.2) is 4.79 Å². The second-order valence-corrected chi connectivity index (χ2v) is 7.67. The molecule has 1 heterocycles. The summed E-state index contributed by atoms with van der Waals surface area (Å²) in [7, 11) is 1.10. The highest BCUT2D eigenvalue weighted by atomic mass is 35.5. The largest absolute Gasteiger partial charge is 0.467 e. The van der Waals surface area contributed by atoms with E-state index in [1.807, 2.05) is 0 Å². The van der Waals surface area contributed by atoms with Crippen molar-refractivity contribution in [2.24, 2.45) is 0 Å². The van der Waals surface area contributed by atoms with Gasteiger partial charge in [-0.15, -0.1) is 0 Å². The highest BCUT2D eigenvalue weighted by Gasteiger charge is 2.55. The van der Waals surface area contributed by atoms with Gasteiger partial charge in [0.2, 0.25) is 0 Å². The van der Waals surface area contributed by atoms with Crippen LogP contribution in [0, 0.1) is 0 Å². The number of nitrogens with one attached hydrogen (secondary N) is 2. The Balaban J connectivity index is 2.37. The Hall–Kier alpha value is -2.96. The van der Waals surface area contributed by atoms with Crippen molar-refractivity contribution in [3.63, 3.8) is 0 Å². The Kier molecular flexibility index (Phi) is 9.38. The highest BCUT2D eigenvalue weighted by Crippen LogP contribution is 2.29. The van der Waals surface area contributed by atoms with Gasteiger partial charge in [-0.2, -0.15) is 0 Å². The number of ether oxygens (including phenoxy) is 5. The lowest BCUT2D eigenvalue weighted by atomic mass is 9.97. The minimum absolute atomic E-state index is 0.0237. The second-order valence-electron chi connectivity index (χ2n) is 6.83. The summed E-state index contributed by atoms with van der Waals surface area (Å²) in [6.45, 7) is 3.32. The first-order valence-electron chi connectivity index (χ1n) is 9.59. The zero-order valence-corrected chi connectivity index (χ0v) is 19.7. The van der Waals surface area contributed by atoms with Gasteiger partial charge >= 0.3 is 23.9 Å². The fourth-order valence-electron chi connectivity index (χ4n) is 3.06. The van der Waals surface area contributed by atoms with Crippen molar-refractivity contribution in [1.82, 2.24) is 5.32 Å². The van der Waals surface area contributed by atoms with Crippen LogP contribution in [0.4, 0.5) is 5.69 Å². The monoisotopic (exact) mass is 502 g/mol. The fraction of sp³-hybridized carbons (Fsp3) is 0.450. The van der Waals surface area contributed by atoms with Gasteiger partial charge in [0.05, 0.1) is 7.11 Å². The predicted molar refractivity (Wildman–Crippen MR) is 118 cm³/mol. The molecule has 0 saturated carbocycles. The van der Waals surface area contributed by atoms with Gasteiger partial charge < -0.3 is 34.3 Å². The molecule has 1 saturated heterocycles. The van der Waals surface area contributed by atoms with Crippen molar-refractivity contribution in [3.8, 4) is 0 Å². The Morgan fingerprint density at radius 1 is 0.909 bits per heavy atom. The van der Waals surface area contributed by atoms with Crippen LogP contribution in [0.2, 0.25) is 5.02 Å². The van der Waals surface area contributed by atoms with Crippen LogP contribution >= 0.6 is 23.8 Å². The number of esters is 4. The van der Waals surface area contributed by atoms with Crippen molar-refractivity contribution in [2.75, 3.05) is 12.4 Å². The molecule has 0 spiro atoms. The van der Waals surface area contributed by atoms with Gasteiger partial charge in [0.25, 0.3) is 0 Å². The number of rotatable bonds is 6. The van der Waals surface area contributed by atoms with E-state index in [0.717, 1.165) is 27.9 Å². The van der Waals surface area contributed by atoms with E-state index in [0.29, 0.717) is 10.7 Å². The van der Waals surface area contributed by atoms with Gasteiger partial charge in [0, 0.05) is 31.5 Å². The van der Waals surface area contributed by atoms with Crippen molar-refractivity contribution >= 4 is 58.5 Å². The maximum absolute atomic E-state index is 12.4. The Bertz CT molecular complexity index is 911. The third-order valence-electron chi connectivity index (χ3n) is 4.25. The minimum atomic E-state index is -1.52. The lowest BCUT2D eigenvalue weighted by Crippen LogP contribution is -2.67. The number of thiocarbonyl (C=S) groups is 1. The third-order valence-corrected chi connectivity index (χ3v) is 4.72. The number of benzene rings is 1. The molecular formula is C20H23ClN2O9S. The molecule has 1 fully saturated rings. The molecular weight excluding hydrogens is 480 g/mol. The average molecular weight is 503 g/mol. The van der Waals surface area contributed by atoms with E-state index in [2.05, 4.69) is 10.6 Å². The predicted octanol–water partition coefficient (Wildman–Crippen LogP) is 1.32. The average Bonchev–Trinajstić information content (AvgIpc) is 2.72. The van der Waals surface area contributed by atoms with Crippen LogP contribution < -0.4 is 10.6 Å². The lowest BCUT2D eigenvalue weighted by molar-refractivity contribution is -0.250. The van der Waals surface area contributed by atoms with Crippen molar-refractivity contribution in [2.45, 2.75) is 51.4 Å². The van der Waals surface area contributed by atoms with E-state index in [-0.39, 0.29) is 5.11 Å². The first-order chi connectivity index (χ1) is 15.5. The summed E-state index contributed by atoms with van der Waals surface area (Å²) < 4.78 is 26.2. The topological polar surface area (TPSA) is 138 Å². The van der Waals surface area contributed by atoms with E-state index >= 15 is 0 Å². The van der Waals surface area contributed by atoms with E-state index in [9.17, 15) is 19.2 Å². The molecule has 0 unspecified atom stereocenters. The summed E-state index contributed by atoms with van der Waals surface area (Å²) >= 11 is 11.2. The minimum Gasteiger partial charge on any atom is -0.467 e. The smallest absolute Gasteiger partial charge is 0.339 e. The fourth-order valence-corrected chi connectivity index (χ4v) is 3.42. The summed E-state index contributed by atoms with van der Waals surface area (Å²) in [6.07, 6.45) is -7.03. The molecule has 180 valence electrons. The van der Waals surface area contributed by atoms with Gasteiger partial charge in [0.15, 0.2) is 35.8 Å². The van der Waals surface area contributed by atoms with Gasteiger partial charge in [0.1, 0.15) is 0 Å². The molecule has 2 N–H and O–H groups in total. The molecule has 33 heavy (non-hydrogen) atoms. The molecule has 0 aliphatic carbocycles. The molecule has 0 bridgehead atoms. The highest BCUT2D eigenvalue weighted by molar-refractivity contribution is 7.80. The first-order valence-corrected chi connectivity index (χ1v) is 10.4. The molecule has 0 radical (unpaired) electrons. The van der Waals surface area contributed by atoms with E-state index < -0.39 is 54.5 Å². The van der Waals surface area contributed by atoms with Gasteiger partial charge in [-0.3, -0.25) is 14.4 Å². The normalized spacial score (nSPS) is 24.1. The zero-order valence-electron chi connectivity index (χ0n) is 18.2. The third kappa shape index (κ3) is 7.55. The van der Waals surface area contributed by atoms with Crippen LogP contribution in [-0.4, -0.2) is 66.7 Å². The van der Waals surface area contributed by atoms with Crippen LogP contribution in [-0.2, 0) is 42.9 Å². The van der Waals surface area contributed by atoms with Crippen LogP contribution in [0.1, 0.15) is 20.8 Å².